The van der Waals surface area contributed by atoms with E-state index in [0.717, 1.165) is 18.4 Å². The number of thiazole rings is 1. The second kappa shape index (κ2) is 15.7. The third-order valence-corrected chi connectivity index (χ3v) is 7.64. The first-order valence-electron chi connectivity index (χ1n) is 12.2. The van der Waals surface area contributed by atoms with Crippen molar-refractivity contribution in [3.8, 4) is 0 Å². The first kappa shape index (κ1) is 38.5. The maximum Gasteiger partial charge on any atom is 1.00 e. The van der Waals surface area contributed by atoms with Gasteiger partial charge in [0.15, 0.2) is 16.9 Å². The standard InChI is InChI=1S/C23H23ClN6O13S2.Na.H/c1-23(2,21(35)42-9-11-4-6-12(7-5-11)30(36)37)43-28-15(13-10-44-22(25-13)26-14(31)8-24)18(32)27-16-17(20(34)41-3)29(19(16)33)45(38,39)40;;/h4-7,10,16-17H,8-9H2,1-3H3,(H,27,32)(H,25,26,31)(H,38,39,40);;/q;+1;-1/b28-15-;;. The van der Waals surface area contributed by atoms with Crippen LogP contribution in [0, 0.1) is 10.1 Å². The number of ether oxygens (including phenoxy) is 2. The number of halogens is 1. The number of amides is 3. The average Bonchev–Trinajstić information content (AvgIpc) is 3.43. The topological polar surface area (TPSA) is 263 Å². The molecule has 1 aliphatic rings. The van der Waals surface area contributed by atoms with Gasteiger partial charge in [-0.25, -0.2) is 14.6 Å². The van der Waals surface area contributed by atoms with E-state index < -0.39 is 74.2 Å². The molecule has 1 fully saturated rings. The molecule has 3 rings (SSSR count). The Balaban J connectivity index is 0.00000552. The third kappa shape index (κ3) is 9.18. The first-order valence-corrected chi connectivity index (χ1v) is 15.0. The van der Waals surface area contributed by atoms with Crippen molar-refractivity contribution < 1.29 is 87.2 Å². The fraction of sp³-hybridized carbons (Fsp3) is 0.348. The minimum Gasteiger partial charge on any atom is -1.00 e. The van der Waals surface area contributed by atoms with Crippen molar-refractivity contribution in [1.29, 1.82) is 0 Å². The van der Waals surface area contributed by atoms with Gasteiger partial charge in [0.25, 0.3) is 17.5 Å². The van der Waals surface area contributed by atoms with Crippen molar-refractivity contribution in [1.82, 2.24) is 14.6 Å². The number of esters is 2. The molecule has 2 heterocycles. The normalized spacial score (nSPS) is 16.3. The Kier molecular flexibility index (Phi) is 13.1. The van der Waals surface area contributed by atoms with Gasteiger partial charge in [0.2, 0.25) is 11.5 Å². The van der Waals surface area contributed by atoms with Crippen LogP contribution in [-0.4, -0.2) is 93.2 Å². The van der Waals surface area contributed by atoms with E-state index in [2.05, 4.69) is 25.5 Å². The van der Waals surface area contributed by atoms with Crippen molar-refractivity contribution >= 4 is 79.4 Å². The number of nitrogens with zero attached hydrogens (tertiary/aromatic N) is 4. The minimum atomic E-state index is -5.21. The van der Waals surface area contributed by atoms with Gasteiger partial charge in [0.1, 0.15) is 24.2 Å². The first-order chi connectivity index (χ1) is 21.0. The number of carbonyl (C=O) groups is 5. The number of β-lactam (4-membered cyclic amide) rings is 1. The van der Waals surface area contributed by atoms with E-state index in [1.807, 2.05) is 0 Å². The second-order valence-electron chi connectivity index (χ2n) is 9.29. The van der Waals surface area contributed by atoms with Crippen LogP contribution in [0.1, 0.15) is 26.5 Å². The fourth-order valence-corrected chi connectivity index (χ4v) is 5.07. The number of hydrogen-bond acceptors (Lipinski definition) is 15. The molecule has 1 aromatic heterocycles. The molecule has 0 aliphatic carbocycles. The smallest absolute Gasteiger partial charge is 1.00 e. The molecule has 46 heavy (non-hydrogen) atoms. The Bertz CT molecular complexity index is 1670. The Morgan fingerprint density at radius 2 is 1.89 bits per heavy atom. The van der Waals surface area contributed by atoms with E-state index in [0.29, 0.717) is 5.56 Å². The van der Waals surface area contributed by atoms with Gasteiger partial charge in [-0.2, -0.15) is 12.7 Å². The van der Waals surface area contributed by atoms with Crippen molar-refractivity contribution in [2.45, 2.75) is 38.1 Å². The van der Waals surface area contributed by atoms with E-state index in [1.165, 1.54) is 43.5 Å². The van der Waals surface area contributed by atoms with E-state index >= 15 is 0 Å². The van der Waals surface area contributed by atoms with E-state index in [4.69, 9.17) is 21.2 Å². The number of nitro groups is 1. The molecule has 0 radical (unpaired) electrons. The van der Waals surface area contributed by atoms with Crippen LogP contribution in [0.25, 0.3) is 0 Å². The number of hydrogen-bond donors (Lipinski definition) is 3. The number of nitrogens with one attached hydrogen (secondary N) is 2. The van der Waals surface area contributed by atoms with E-state index in [-0.39, 0.29) is 58.4 Å². The zero-order chi connectivity index (χ0) is 33.7. The molecular formula is C23H24ClN6NaO13S2. The minimum absolute atomic E-state index is 0. The molecule has 23 heteroatoms. The second-order valence-corrected chi connectivity index (χ2v) is 11.7. The number of oxime groups is 1. The Hall–Kier alpha value is -3.73. The zero-order valence-corrected chi connectivity index (χ0v) is 28.7. The number of benzene rings is 1. The maximum absolute atomic E-state index is 13.3. The number of aromatic nitrogens is 1. The Morgan fingerprint density at radius 1 is 1.26 bits per heavy atom. The summed E-state index contributed by atoms with van der Waals surface area (Å²) in [4.78, 5) is 81.9. The van der Waals surface area contributed by atoms with Crippen LogP contribution in [0.15, 0.2) is 34.8 Å². The van der Waals surface area contributed by atoms with E-state index in [9.17, 15) is 47.1 Å². The van der Waals surface area contributed by atoms with Crippen molar-refractivity contribution in [3.05, 3.63) is 51.0 Å². The van der Waals surface area contributed by atoms with Gasteiger partial charge < -0.3 is 26.4 Å². The summed E-state index contributed by atoms with van der Waals surface area (Å²) in [5.74, 6) is -5.97. The van der Waals surface area contributed by atoms with Crippen LogP contribution >= 0.6 is 22.9 Å². The molecule has 0 bridgehead atoms. The Labute approximate surface area is 292 Å². The Morgan fingerprint density at radius 3 is 2.43 bits per heavy atom. The largest absolute Gasteiger partial charge is 1.00 e. The predicted molar refractivity (Wildman–Crippen MR) is 153 cm³/mol. The van der Waals surface area contributed by atoms with Gasteiger partial charge in [-0.1, -0.05) is 5.16 Å². The molecule has 3 amide bonds. The molecule has 244 valence electrons. The molecule has 3 N–H and O–H groups in total. The summed E-state index contributed by atoms with van der Waals surface area (Å²) < 4.78 is 42.0. The number of alkyl halides is 1. The molecule has 1 saturated heterocycles. The zero-order valence-electron chi connectivity index (χ0n) is 25.3. The SMILES string of the molecule is COC(=O)C1C(NC(=O)/C(=N\OC(C)(C)C(=O)OCc2ccc([N+](=O)[O-])cc2)c2csc(NC(=O)CCl)n2)C(=O)N1S(=O)(=O)O.[H-].[Na+]. The van der Waals surface area contributed by atoms with Crippen LogP contribution in [0.2, 0.25) is 0 Å². The number of rotatable bonds is 13. The number of methoxy groups -OCH3 is 1. The van der Waals surface area contributed by atoms with Crippen LogP contribution in [0.5, 0.6) is 0 Å². The summed E-state index contributed by atoms with van der Waals surface area (Å²) in [6, 6.07) is 1.36. The number of carbonyl (C=O) groups excluding carboxylic acids is 5. The molecule has 1 aromatic carbocycles. The van der Waals surface area contributed by atoms with Crippen LogP contribution < -0.4 is 40.2 Å². The molecule has 2 aromatic rings. The van der Waals surface area contributed by atoms with Gasteiger partial charge in [-0.3, -0.25) is 29.1 Å². The van der Waals surface area contributed by atoms with Crippen molar-refractivity contribution in [2.75, 3.05) is 18.3 Å². The quantitative estimate of drug-likeness (QED) is 0.0278. The van der Waals surface area contributed by atoms with Crippen LogP contribution in [-0.2, 0) is 55.2 Å². The monoisotopic (exact) mass is 714 g/mol. The van der Waals surface area contributed by atoms with Crippen molar-refractivity contribution in [2.24, 2.45) is 5.16 Å². The van der Waals surface area contributed by atoms with Crippen LogP contribution in [0.4, 0.5) is 10.8 Å². The van der Waals surface area contributed by atoms with Crippen molar-refractivity contribution in [3.63, 3.8) is 0 Å². The summed E-state index contributed by atoms with van der Waals surface area (Å²) in [6.07, 6.45) is 0. The molecule has 0 saturated carbocycles. The molecule has 0 spiro atoms. The third-order valence-electron chi connectivity index (χ3n) is 5.73. The maximum atomic E-state index is 13.3. The number of nitro benzene ring substituents is 1. The molecular weight excluding hydrogens is 691 g/mol. The van der Waals surface area contributed by atoms with E-state index in [1.54, 1.807) is 0 Å². The van der Waals surface area contributed by atoms with Gasteiger partial charge in [0.05, 0.1) is 12.0 Å². The molecule has 2 atom stereocenters. The molecule has 1 aliphatic heterocycles. The summed E-state index contributed by atoms with van der Waals surface area (Å²) in [5.41, 5.74) is -2.60. The number of anilines is 1. The summed E-state index contributed by atoms with van der Waals surface area (Å²) >= 11 is 6.30. The average molecular weight is 715 g/mol. The molecule has 19 nitrogen and oxygen atoms in total. The van der Waals surface area contributed by atoms with Crippen LogP contribution in [0.3, 0.4) is 0 Å². The number of non-ortho nitro benzene ring substituents is 1. The van der Waals surface area contributed by atoms with Gasteiger partial charge >= 0.3 is 51.8 Å². The van der Waals surface area contributed by atoms with Gasteiger partial charge in [0, 0.05) is 17.5 Å². The summed E-state index contributed by atoms with van der Waals surface area (Å²) in [5, 5.41) is 20.2. The fourth-order valence-electron chi connectivity index (χ4n) is 3.45. The van der Waals surface area contributed by atoms with Gasteiger partial charge in [-0.15, -0.1) is 22.9 Å². The summed E-state index contributed by atoms with van der Waals surface area (Å²) in [6.45, 7) is 2.15. The predicted octanol–water partition coefficient (Wildman–Crippen LogP) is -2.74. The molecule has 2 unspecified atom stereocenters. The summed E-state index contributed by atoms with van der Waals surface area (Å²) in [7, 11) is -4.33. The van der Waals surface area contributed by atoms with Gasteiger partial charge in [-0.05, 0) is 31.5 Å².